The second-order valence-electron chi connectivity index (χ2n) is 6.76. The lowest BCUT2D eigenvalue weighted by Crippen LogP contribution is -2.52. The molecule has 0 radical (unpaired) electrons. The van der Waals surface area contributed by atoms with E-state index in [1.54, 1.807) is 18.3 Å². The second kappa shape index (κ2) is 8.53. The lowest BCUT2D eigenvalue weighted by atomic mass is 10.0. The van der Waals surface area contributed by atoms with E-state index in [0.29, 0.717) is 18.4 Å². The molecule has 0 bridgehead atoms. The van der Waals surface area contributed by atoms with Crippen molar-refractivity contribution in [3.05, 3.63) is 48.4 Å². The van der Waals surface area contributed by atoms with Crippen LogP contribution in [0.5, 0.6) is 0 Å². The van der Waals surface area contributed by atoms with Gasteiger partial charge in [0.05, 0.1) is 25.9 Å². The summed E-state index contributed by atoms with van der Waals surface area (Å²) in [6.45, 7) is 4.21. The Kier molecular flexibility index (Phi) is 6.11. The zero-order chi connectivity index (χ0) is 20.3. The maximum atomic E-state index is 13.6. The molecule has 2 heterocycles. The van der Waals surface area contributed by atoms with Crippen molar-refractivity contribution in [1.82, 2.24) is 9.88 Å². The lowest BCUT2D eigenvalue weighted by Gasteiger charge is -2.28. The van der Waals surface area contributed by atoms with Gasteiger partial charge in [0.15, 0.2) is 6.04 Å². The van der Waals surface area contributed by atoms with Gasteiger partial charge in [-0.15, -0.1) is 6.58 Å². The first-order chi connectivity index (χ1) is 13.5. The van der Waals surface area contributed by atoms with Crippen LogP contribution in [0.3, 0.4) is 0 Å². The number of hydrogen-bond donors (Lipinski definition) is 2. The summed E-state index contributed by atoms with van der Waals surface area (Å²) in [7, 11) is 1.27. The molecule has 3 atom stereocenters. The van der Waals surface area contributed by atoms with Crippen LogP contribution < -0.4 is 5.73 Å². The number of amides is 1. The van der Waals surface area contributed by atoms with E-state index in [0.717, 1.165) is 11.1 Å². The van der Waals surface area contributed by atoms with E-state index in [4.69, 9.17) is 15.2 Å². The molecule has 0 saturated carbocycles. The van der Waals surface area contributed by atoms with Crippen LogP contribution in [-0.2, 0) is 25.5 Å². The minimum atomic E-state index is -0.882. The Balaban J connectivity index is 1.76. The third-order valence-electron chi connectivity index (χ3n) is 4.98. The fraction of sp³-hybridized carbons (Fsp3) is 0.400. The highest BCUT2D eigenvalue weighted by Gasteiger charge is 2.44. The van der Waals surface area contributed by atoms with Crippen LogP contribution in [0.15, 0.2) is 37.1 Å². The summed E-state index contributed by atoms with van der Waals surface area (Å²) in [6.07, 6.45) is 3.55. The van der Waals surface area contributed by atoms with E-state index < -0.39 is 24.2 Å². The Morgan fingerprint density at radius 2 is 2.29 bits per heavy atom. The van der Waals surface area contributed by atoms with E-state index >= 15 is 0 Å². The molecule has 1 aliphatic heterocycles. The SMILES string of the molecule is C=CCOC1CCN(C(=O)[C@@H](N)Cc2c[nH]c3ccc(F)cc23)C1C(=O)OC. The number of esters is 1. The summed E-state index contributed by atoms with van der Waals surface area (Å²) in [5.41, 5.74) is 7.66. The number of halogens is 1. The molecule has 1 aromatic carbocycles. The Hall–Kier alpha value is -2.71. The fourth-order valence-corrected chi connectivity index (χ4v) is 3.63. The quantitative estimate of drug-likeness (QED) is 0.553. The predicted octanol–water partition coefficient (Wildman–Crippen LogP) is 1.52. The van der Waals surface area contributed by atoms with E-state index in [1.807, 2.05) is 0 Å². The summed E-state index contributed by atoms with van der Waals surface area (Å²) < 4.78 is 24.0. The van der Waals surface area contributed by atoms with Crippen molar-refractivity contribution < 1.29 is 23.5 Å². The van der Waals surface area contributed by atoms with E-state index in [9.17, 15) is 14.0 Å². The van der Waals surface area contributed by atoms with Crippen molar-refractivity contribution in [2.24, 2.45) is 5.73 Å². The number of H-pyrrole nitrogens is 1. The molecule has 1 saturated heterocycles. The first-order valence-corrected chi connectivity index (χ1v) is 9.08. The normalized spacial score (nSPS) is 20.3. The summed E-state index contributed by atoms with van der Waals surface area (Å²) in [5, 5.41) is 0.682. The van der Waals surface area contributed by atoms with Gasteiger partial charge in [0.1, 0.15) is 5.82 Å². The molecule has 0 spiro atoms. The van der Waals surface area contributed by atoms with Crippen molar-refractivity contribution >= 4 is 22.8 Å². The van der Waals surface area contributed by atoms with Gasteiger partial charge in [-0.05, 0) is 36.6 Å². The maximum Gasteiger partial charge on any atom is 0.331 e. The van der Waals surface area contributed by atoms with Gasteiger partial charge in [0, 0.05) is 23.6 Å². The number of aromatic nitrogens is 1. The van der Waals surface area contributed by atoms with Gasteiger partial charge >= 0.3 is 5.97 Å². The monoisotopic (exact) mass is 389 g/mol. The highest BCUT2D eigenvalue weighted by atomic mass is 19.1. The van der Waals surface area contributed by atoms with Gasteiger partial charge in [0.2, 0.25) is 5.91 Å². The number of ether oxygens (including phenoxy) is 2. The van der Waals surface area contributed by atoms with Crippen LogP contribution in [0.2, 0.25) is 0 Å². The molecule has 1 fully saturated rings. The number of likely N-dealkylation sites (tertiary alicyclic amines) is 1. The highest BCUT2D eigenvalue weighted by Crippen LogP contribution is 2.25. The largest absolute Gasteiger partial charge is 0.467 e. The minimum absolute atomic E-state index is 0.213. The molecule has 1 amide bonds. The number of carbonyl (C=O) groups is 2. The fourth-order valence-electron chi connectivity index (χ4n) is 3.63. The van der Waals surface area contributed by atoms with Gasteiger partial charge in [-0.25, -0.2) is 9.18 Å². The zero-order valence-electron chi connectivity index (χ0n) is 15.7. The molecule has 3 N–H and O–H groups in total. The zero-order valence-corrected chi connectivity index (χ0v) is 15.7. The van der Waals surface area contributed by atoms with Crippen LogP contribution in [0.1, 0.15) is 12.0 Å². The Morgan fingerprint density at radius 3 is 3.00 bits per heavy atom. The van der Waals surface area contributed by atoms with E-state index in [-0.39, 0.29) is 24.8 Å². The number of rotatable bonds is 7. The first-order valence-electron chi connectivity index (χ1n) is 9.08. The van der Waals surface area contributed by atoms with E-state index in [2.05, 4.69) is 11.6 Å². The maximum absolute atomic E-state index is 13.6. The number of hydrogen-bond acceptors (Lipinski definition) is 5. The average molecular weight is 389 g/mol. The molecule has 2 unspecified atom stereocenters. The van der Waals surface area contributed by atoms with Crippen molar-refractivity contribution in [1.29, 1.82) is 0 Å². The van der Waals surface area contributed by atoms with Crippen molar-refractivity contribution in [3.8, 4) is 0 Å². The molecule has 2 aromatic rings. The van der Waals surface area contributed by atoms with Crippen LogP contribution >= 0.6 is 0 Å². The van der Waals surface area contributed by atoms with Crippen molar-refractivity contribution in [2.45, 2.75) is 31.0 Å². The topological polar surface area (TPSA) is 97.6 Å². The van der Waals surface area contributed by atoms with Crippen molar-refractivity contribution in [2.75, 3.05) is 20.3 Å². The van der Waals surface area contributed by atoms with Crippen LogP contribution in [0.25, 0.3) is 10.9 Å². The number of aromatic amines is 1. The minimum Gasteiger partial charge on any atom is -0.467 e. The average Bonchev–Trinajstić information content (AvgIpc) is 3.29. The van der Waals surface area contributed by atoms with Gasteiger partial charge in [0.25, 0.3) is 0 Å². The van der Waals surface area contributed by atoms with Gasteiger partial charge in [-0.2, -0.15) is 0 Å². The second-order valence-corrected chi connectivity index (χ2v) is 6.76. The summed E-state index contributed by atoms with van der Waals surface area (Å²) >= 11 is 0. The highest BCUT2D eigenvalue weighted by molar-refractivity contribution is 5.90. The Bertz CT molecular complexity index is 881. The third-order valence-corrected chi connectivity index (χ3v) is 4.98. The molecule has 7 nitrogen and oxygen atoms in total. The van der Waals surface area contributed by atoms with Crippen LogP contribution in [0.4, 0.5) is 4.39 Å². The number of methoxy groups -OCH3 is 1. The first kappa shape index (κ1) is 20.0. The summed E-state index contributed by atoms with van der Waals surface area (Å²) in [5.74, 6) is -1.27. The standard InChI is InChI=1S/C20H24FN3O4/c1-3-8-28-17-6-7-24(18(17)20(26)27-2)19(25)15(22)9-12-11-23-16-5-4-13(21)10-14(12)16/h3-5,10-11,15,17-18,23H,1,6-9,22H2,2H3/t15-,17?,18?/m0/s1. The van der Waals surface area contributed by atoms with Gasteiger partial charge < -0.3 is 25.1 Å². The number of nitrogens with zero attached hydrogens (tertiary/aromatic N) is 1. The molecule has 8 heteroatoms. The molecular formula is C20H24FN3O4. The molecular weight excluding hydrogens is 365 g/mol. The summed E-state index contributed by atoms with van der Waals surface area (Å²) in [4.78, 5) is 29.7. The molecule has 1 aliphatic rings. The molecule has 3 rings (SSSR count). The van der Waals surface area contributed by atoms with Crippen molar-refractivity contribution in [3.63, 3.8) is 0 Å². The Labute approximate surface area is 162 Å². The Morgan fingerprint density at radius 1 is 1.50 bits per heavy atom. The number of benzene rings is 1. The van der Waals surface area contributed by atoms with Crippen LogP contribution in [0, 0.1) is 5.82 Å². The predicted molar refractivity (Wildman–Crippen MR) is 102 cm³/mol. The third kappa shape index (κ3) is 3.93. The lowest BCUT2D eigenvalue weighted by molar-refractivity contribution is -0.155. The number of carbonyl (C=O) groups excluding carboxylic acids is 2. The summed E-state index contributed by atoms with van der Waals surface area (Å²) in [6, 6.07) is 2.68. The van der Waals surface area contributed by atoms with Crippen LogP contribution in [-0.4, -0.2) is 60.2 Å². The molecule has 0 aliphatic carbocycles. The van der Waals surface area contributed by atoms with Gasteiger partial charge in [-0.1, -0.05) is 6.08 Å². The number of nitrogens with one attached hydrogen (secondary N) is 1. The smallest absolute Gasteiger partial charge is 0.331 e. The number of nitrogens with two attached hydrogens (primary N) is 1. The van der Waals surface area contributed by atoms with Gasteiger partial charge in [-0.3, -0.25) is 4.79 Å². The molecule has 1 aromatic heterocycles. The molecule has 28 heavy (non-hydrogen) atoms. The number of fused-ring (bicyclic) bond motifs is 1. The van der Waals surface area contributed by atoms with E-state index in [1.165, 1.54) is 24.1 Å². The molecule has 150 valence electrons.